The molecular weight excluding hydrogens is 378 g/mol. The molecule has 2 aromatic rings. The van der Waals surface area contributed by atoms with Crippen molar-refractivity contribution in [2.45, 2.75) is 37.1 Å². The quantitative estimate of drug-likeness (QED) is 0.508. The zero-order chi connectivity index (χ0) is 19.8. The maximum atomic E-state index is 12.0. The summed E-state index contributed by atoms with van der Waals surface area (Å²) in [6.07, 6.45) is 2.47. The number of ether oxygens (including phenoxy) is 2. The topological polar surface area (TPSA) is 102 Å². The molecule has 1 aliphatic heterocycles. The van der Waals surface area contributed by atoms with Gasteiger partial charge in [0.25, 0.3) is 0 Å². The molecule has 1 N–H and O–H groups in total. The average molecular weight is 401 g/mol. The predicted molar refractivity (Wildman–Crippen MR) is 105 cm³/mol. The average Bonchev–Trinajstić information content (AvgIpc) is 3.37. The molecule has 28 heavy (non-hydrogen) atoms. The number of nitriles is 1. The van der Waals surface area contributed by atoms with Crippen molar-refractivity contribution in [2.24, 2.45) is 0 Å². The van der Waals surface area contributed by atoms with Gasteiger partial charge in [-0.25, -0.2) is 0 Å². The van der Waals surface area contributed by atoms with Gasteiger partial charge < -0.3 is 14.8 Å². The number of carbonyl (C=O) groups is 1. The van der Waals surface area contributed by atoms with Crippen LogP contribution >= 0.6 is 11.8 Å². The molecule has 1 fully saturated rings. The van der Waals surface area contributed by atoms with E-state index in [9.17, 15) is 4.79 Å². The van der Waals surface area contributed by atoms with Crippen molar-refractivity contribution >= 4 is 17.7 Å². The Labute approximate surface area is 168 Å². The Morgan fingerprint density at radius 2 is 2.25 bits per heavy atom. The van der Waals surface area contributed by atoms with Gasteiger partial charge >= 0.3 is 0 Å². The summed E-state index contributed by atoms with van der Waals surface area (Å²) < 4.78 is 13.0. The van der Waals surface area contributed by atoms with Crippen LogP contribution in [0, 0.1) is 11.3 Å². The summed E-state index contributed by atoms with van der Waals surface area (Å²) in [6, 6.07) is 9.66. The molecule has 0 unspecified atom stereocenters. The molecule has 1 amide bonds. The third kappa shape index (κ3) is 5.24. The first-order chi connectivity index (χ1) is 13.7. The summed E-state index contributed by atoms with van der Waals surface area (Å²) in [4.78, 5) is 12.0. The van der Waals surface area contributed by atoms with Crippen LogP contribution in [-0.4, -0.2) is 52.8 Å². The van der Waals surface area contributed by atoms with E-state index in [1.807, 2.05) is 34.9 Å². The molecular formula is C19H23N5O3S. The Morgan fingerprint density at radius 1 is 1.43 bits per heavy atom. The molecule has 1 aliphatic rings. The van der Waals surface area contributed by atoms with Gasteiger partial charge in [0.05, 0.1) is 38.0 Å². The van der Waals surface area contributed by atoms with Crippen LogP contribution in [0.5, 0.6) is 5.75 Å². The molecule has 0 saturated carbocycles. The van der Waals surface area contributed by atoms with E-state index in [-0.39, 0.29) is 17.8 Å². The zero-order valence-corrected chi connectivity index (χ0v) is 16.6. The Morgan fingerprint density at radius 3 is 2.93 bits per heavy atom. The molecule has 1 atom stereocenters. The minimum absolute atomic E-state index is 0.122. The largest absolute Gasteiger partial charge is 0.497 e. The zero-order valence-electron chi connectivity index (χ0n) is 15.8. The standard InChI is InChI=1S/C19H23N5O3S/c1-26-15-7-5-14(6-8-15)18-22-23-19(24(18)12-16-4-2-11-27-16)28-13-17(25)21-10-3-9-20/h5-8,16H,2-4,10-13H2,1H3,(H,21,25)/t16-/m1/s1. The summed E-state index contributed by atoms with van der Waals surface area (Å²) in [6.45, 7) is 1.77. The van der Waals surface area contributed by atoms with Crippen molar-refractivity contribution in [1.29, 1.82) is 5.26 Å². The van der Waals surface area contributed by atoms with E-state index in [0.717, 1.165) is 36.6 Å². The Kier molecular flexibility index (Phi) is 7.28. The minimum atomic E-state index is -0.127. The fourth-order valence-corrected chi connectivity index (χ4v) is 3.72. The minimum Gasteiger partial charge on any atom is -0.497 e. The molecule has 9 heteroatoms. The first kappa shape index (κ1) is 20.2. The second-order valence-corrected chi connectivity index (χ2v) is 7.27. The van der Waals surface area contributed by atoms with E-state index < -0.39 is 0 Å². The Hall–Kier alpha value is -2.57. The highest BCUT2D eigenvalue weighted by atomic mass is 32.2. The van der Waals surface area contributed by atoms with Crippen molar-refractivity contribution in [3.05, 3.63) is 24.3 Å². The predicted octanol–water partition coefficient (Wildman–Crippen LogP) is 2.25. The molecule has 0 aliphatic carbocycles. The highest BCUT2D eigenvalue weighted by molar-refractivity contribution is 7.99. The normalized spacial score (nSPS) is 15.9. The van der Waals surface area contributed by atoms with E-state index >= 15 is 0 Å². The highest BCUT2D eigenvalue weighted by Crippen LogP contribution is 2.27. The van der Waals surface area contributed by atoms with Crippen LogP contribution in [0.2, 0.25) is 0 Å². The number of methoxy groups -OCH3 is 1. The first-order valence-electron chi connectivity index (χ1n) is 9.17. The molecule has 2 heterocycles. The summed E-state index contributed by atoms with van der Waals surface area (Å²) >= 11 is 1.33. The van der Waals surface area contributed by atoms with Gasteiger partial charge in [0, 0.05) is 18.7 Å². The highest BCUT2D eigenvalue weighted by Gasteiger charge is 2.22. The second-order valence-electron chi connectivity index (χ2n) is 6.33. The summed E-state index contributed by atoms with van der Waals surface area (Å²) in [7, 11) is 1.63. The van der Waals surface area contributed by atoms with Gasteiger partial charge in [-0.2, -0.15) is 5.26 Å². The smallest absolute Gasteiger partial charge is 0.230 e. The number of nitrogens with zero attached hydrogens (tertiary/aromatic N) is 4. The Bertz CT molecular complexity index is 825. The molecule has 0 bridgehead atoms. The monoisotopic (exact) mass is 401 g/mol. The van der Waals surface area contributed by atoms with Crippen LogP contribution in [0.4, 0.5) is 0 Å². The lowest BCUT2D eigenvalue weighted by molar-refractivity contribution is -0.118. The maximum absolute atomic E-state index is 12.0. The van der Waals surface area contributed by atoms with Gasteiger partial charge in [-0.3, -0.25) is 9.36 Å². The van der Waals surface area contributed by atoms with Crippen molar-refractivity contribution in [3.8, 4) is 23.2 Å². The van der Waals surface area contributed by atoms with Crippen LogP contribution in [-0.2, 0) is 16.1 Å². The summed E-state index contributed by atoms with van der Waals surface area (Å²) in [5, 5.41) is 20.6. The van der Waals surface area contributed by atoms with E-state index in [1.54, 1.807) is 7.11 Å². The SMILES string of the molecule is COc1ccc(-c2nnc(SCC(=O)NCCC#N)n2C[C@H]2CCCO2)cc1. The van der Waals surface area contributed by atoms with Crippen LogP contribution in [0.15, 0.2) is 29.4 Å². The maximum Gasteiger partial charge on any atom is 0.230 e. The van der Waals surface area contributed by atoms with Crippen molar-refractivity contribution in [1.82, 2.24) is 20.1 Å². The third-order valence-electron chi connectivity index (χ3n) is 4.37. The number of hydrogen-bond acceptors (Lipinski definition) is 7. The molecule has 1 aromatic carbocycles. The van der Waals surface area contributed by atoms with Gasteiger partial charge in [0.2, 0.25) is 5.91 Å². The molecule has 1 aromatic heterocycles. The number of rotatable bonds is 9. The van der Waals surface area contributed by atoms with E-state index in [4.69, 9.17) is 14.7 Å². The van der Waals surface area contributed by atoms with Crippen LogP contribution in [0.1, 0.15) is 19.3 Å². The van der Waals surface area contributed by atoms with E-state index in [2.05, 4.69) is 15.5 Å². The fraction of sp³-hybridized carbons (Fsp3) is 0.474. The number of benzene rings is 1. The first-order valence-corrected chi connectivity index (χ1v) is 10.2. The van der Waals surface area contributed by atoms with Crippen LogP contribution in [0.3, 0.4) is 0 Å². The number of amides is 1. The van der Waals surface area contributed by atoms with Crippen molar-refractivity contribution < 1.29 is 14.3 Å². The second kappa shape index (κ2) is 10.1. The molecule has 8 nitrogen and oxygen atoms in total. The van der Waals surface area contributed by atoms with Gasteiger partial charge in [0.1, 0.15) is 5.75 Å². The molecule has 0 radical (unpaired) electrons. The Balaban J connectivity index is 1.75. The van der Waals surface area contributed by atoms with Crippen LogP contribution in [0.25, 0.3) is 11.4 Å². The molecule has 3 rings (SSSR count). The molecule has 1 saturated heterocycles. The van der Waals surface area contributed by atoms with Crippen molar-refractivity contribution in [2.75, 3.05) is 26.0 Å². The summed E-state index contributed by atoms with van der Waals surface area (Å²) in [5.74, 6) is 1.61. The summed E-state index contributed by atoms with van der Waals surface area (Å²) in [5.41, 5.74) is 0.927. The lowest BCUT2D eigenvalue weighted by Crippen LogP contribution is -2.26. The van der Waals surface area contributed by atoms with Crippen molar-refractivity contribution in [3.63, 3.8) is 0 Å². The fourth-order valence-electron chi connectivity index (χ4n) is 2.94. The number of hydrogen-bond donors (Lipinski definition) is 1. The number of thioether (sulfide) groups is 1. The number of aromatic nitrogens is 3. The van der Waals surface area contributed by atoms with E-state index in [0.29, 0.717) is 24.7 Å². The van der Waals surface area contributed by atoms with Gasteiger partial charge in [-0.05, 0) is 37.1 Å². The van der Waals surface area contributed by atoms with Gasteiger partial charge in [-0.15, -0.1) is 10.2 Å². The third-order valence-corrected chi connectivity index (χ3v) is 5.33. The molecule has 0 spiro atoms. The van der Waals surface area contributed by atoms with Gasteiger partial charge in [-0.1, -0.05) is 11.8 Å². The number of carbonyl (C=O) groups excluding carboxylic acids is 1. The lowest BCUT2D eigenvalue weighted by Gasteiger charge is -2.15. The van der Waals surface area contributed by atoms with Gasteiger partial charge in [0.15, 0.2) is 11.0 Å². The van der Waals surface area contributed by atoms with Crippen LogP contribution < -0.4 is 10.1 Å². The molecule has 148 valence electrons. The number of nitrogens with one attached hydrogen (secondary N) is 1. The lowest BCUT2D eigenvalue weighted by atomic mass is 10.2. The van der Waals surface area contributed by atoms with E-state index in [1.165, 1.54) is 11.8 Å².